The molecule has 0 aliphatic rings. The van der Waals surface area contributed by atoms with Gasteiger partial charge in [0, 0.05) is 11.7 Å². The molecular weight excluding hydrogens is 254 g/mol. The topological polar surface area (TPSA) is 43.1 Å². The van der Waals surface area contributed by atoms with E-state index in [0.29, 0.717) is 0 Å². The minimum Gasteiger partial charge on any atom is -0.369 e. The first kappa shape index (κ1) is 18.8. The average molecular weight is 288 g/mol. The van der Waals surface area contributed by atoms with Crippen LogP contribution in [0.25, 0.3) is 0 Å². The molecule has 0 radical (unpaired) electrons. The summed E-state index contributed by atoms with van der Waals surface area (Å²) in [6, 6.07) is 0. The predicted molar refractivity (Wildman–Crippen MR) is 87.5 cm³/mol. The molecule has 0 spiro atoms. The standard InChI is InChI=1S/C16H33NOS/c1-3-4-5-6-7-8-9-10-11-12-13-19-14-15(2)16(17)18/h15H,3-14H2,1-2H3,(H2,17,18). The fraction of sp³-hybridized carbons (Fsp3) is 0.938. The number of hydrogen-bond acceptors (Lipinski definition) is 2. The summed E-state index contributed by atoms with van der Waals surface area (Å²) in [4.78, 5) is 10.8. The number of carbonyl (C=O) groups is 1. The maximum atomic E-state index is 10.8. The number of thioether (sulfide) groups is 1. The third-order valence-electron chi connectivity index (χ3n) is 3.50. The number of unbranched alkanes of at least 4 members (excludes halogenated alkanes) is 9. The van der Waals surface area contributed by atoms with Crippen molar-refractivity contribution >= 4 is 17.7 Å². The summed E-state index contributed by atoms with van der Waals surface area (Å²) >= 11 is 1.87. The lowest BCUT2D eigenvalue weighted by molar-refractivity contribution is -0.120. The van der Waals surface area contributed by atoms with Crippen LogP contribution in [-0.4, -0.2) is 17.4 Å². The van der Waals surface area contributed by atoms with Crippen molar-refractivity contribution in [3.8, 4) is 0 Å². The Labute approximate surface area is 124 Å². The van der Waals surface area contributed by atoms with Crippen molar-refractivity contribution in [1.82, 2.24) is 0 Å². The molecule has 1 amide bonds. The van der Waals surface area contributed by atoms with Crippen molar-refractivity contribution < 1.29 is 4.79 Å². The van der Waals surface area contributed by atoms with Gasteiger partial charge in [-0.15, -0.1) is 0 Å². The van der Waals surface area contributed by atoms with Crippen LogP contribution < -0.4 is 5.73 Å². The molecule has 2 N–H and O–H groups in total. The fourth-order valence-electron chi connectivity index (χ4n) is 2.03. The van der Waals surface area contributed by atoms with Crippen molar-refractivity contribution in [2.45, 2.75) is 78.1 Å². The number of carbonyl (C=O) groups excluding carboxylic acids is 1. The van der Waals surface area contributed by atoms with Gasteiger partial charge in [0.05, 0.1) is 0 Å². The molecule has 0 saturated carbocycles. The summed E-state index contributed by atoms with van der Waals surface area (Å²) in [5.41, 5.74) is 5.22. The molecule has 0 rings (SSSR count). The van der Waals surface area contributed by atoms with E-state index in [1.807, 2.05) is 18.7 Å². The zero-order valence-electron chi connectivity index (χ0n) is 13.0. The number of hydrogen-bond donors (Lipinski definition) is 1. The molecule has 0 aliphatic carbocycles. The average Bonchev–Trinajstić information content (AvgIpc) is 2.39. The van der Waals surface area contributed by atoms with Crippen LogP contribution in [0.4, 0.5) is 0 Å². The molecule has 1 atom stereocenters. The first-order valence-corrected chi connectivity index (χ1v) is 9.21. The zero-order chi connectivity index (χ0) is 14.3. The van der Waals surface area contributed by atoms with Gasteiger partial charge in [-0.2, -0.15) is 11.8 Å². The van der Waals surface area contributed by atoms with Gasteiger partial charge in [-0.05, 0) is 12.2 Å². The second-order valence-electron chi connectivity index (χ2n) is 5.56. The van der Waals surface area contributed by atoms with E-state index in [0.717, 1.165) is 5.75 Å². The summed E-state index contributed by atoms with van der Waals surface area (Å²) in [6.45, 7) is 4.18. The number of primary amides is 1. The van der Waals surface area contributed by atoms with Gasteiger partial charge in [0.2, 0.25) is 5.91 Å². The SMILES string of the molecule is CCCCCCCCCCCCSCC(C)C(N)=O. The molecule has 3 heteroatoms. The minimum atomic E-state index is -0.171. The third kappa shape index (κ3) is 14.0. The van der Waals surface area contributed by atoms with E-state index in [-0.39, 0.29) is 11.8 Å². The smallest absolute Gasteiger partial charge is 0.221 e. The van der Waals surface area contributed by atoms with Gasteiger partial charge < -0.3 is 5.73 Å². The van der Waals surface area contributed by atoms with E-state index in [9.17, 15) is 4.79 Å². The summed E-state index contributed by atoms with van der Waals surface area (Å²) < 4.78 is 0. The molecule has 0 aromatic rings. The minimum absolute atomic E-state index is 0.0214. The fourth-order valence-corrected chi connectivity index (χ4v) is 3.13. The van der Waals surface area contributed by atoms with Gasteiger partial charge in [-0.3, -0.25) is 4.79 Å². The maximum absolute atomic E-state index is 10.8. The van der Waals surface area contributed by atoms with E-state index >= 15 is 0 Å². The van der Waals surface area contributed by atoms with Crippen molar-refractivity contribution in [2.75, 3.05) is 11.5 Å². The van der Waals surface area contributed by atoms with Crippen LogP contribution in [0.3, 0.4) is 0 Å². The van der Waals surface area contributed by atoms with Crippen LogP contribution >= 0.6 is 11.8 Å². The van der Waals surface area contributed by atoms with Gasteiger partial charge >= 0.3 is 0 Å². The van der Waals surface area contributed by atoms with Crippen molar-refractivity contribution in [1.29, 1.82) is 0 Å². The van der Waals surface area contributed by atoms with Crippen LogP contribution in [0.15, 0.2) is 0 Å². The Hall–Kier alpha value is -0.180. The highest BCUT2D eigenvalue weighted by atomic mass is 32.2. The summed E-state index contributed by atoms with van der Waals surface area (Å²) in [6.07, 6.45) is 13.8. The lowest BCUT2D eigenvalue weighted by atomic mass is 10.1. The molecule has 0 bridgehead atoms. The first-order chi connectivity index (χ1) is 9.18. The van der Waals surface area contributed by atoms with E-state index in [1.165, 1.54) is 70.0 Å². The Morgan fingerprint density at radius 2 is 1.42 bits per heavy atom. The second-order valence-corrected chi connectivity index (χ2v) is 6.71. The molecule has 19 heavy (non-hydrogen) atoms. The van der Waals surface area contributed by atoms with Crippen molar-refractivity contribution in [3.63, 3.8) is 0 Å². The Bertz CT molecular complexity index is 209. The Balaban J connectivity index is 3.05. The molecular formula is C16H33NOS. The highest BCUT2D eigenvalue weighted by molar-refractivity contribution is 7.99. The van der Waals surface area contributed by atoms with Crippen molar-refractivity contribution in [3.05, 3.63) is 0 Å². The van der Waals surface area contributed by atoms with Gasteiger partial charge in [0.15, 0.2) is 0 Å². The second kappa shape index (κ2) is 14.2. The van der Waals surface area contributed by atoms with Crippen molar-refractivity contribution in [2.24, 2.45) is 11.7 Å². The first-order valence-electron chi connectivity index (χ1n) is 8.05. The normalized spacial score (nSPS) is 12.5. The number of amides is 1. The summed E-state index contributed by atoms with van der Waals surface area (Å²) in [7, 11) is 0. The summed E-state index contributed by atoms with van der Waals surface area (Å²) in [5.74, 6) is 1.91. The van der Waals surface area contributed by atoms with Gasteiger partial charge in [-0.1, -0.05) is 71.6 Å². The van der Waals surface area contributed by atoms with Crippen LogP contribution in [0, 0.1) is 5.92 Å². The Morgan fingerprint density at radius 3 is 1.89 bits per heavy atom. The predicted octanol–water partition coefficient (Wildman–Crippen LogP) is 4.76. The molecule has 0 heterocycles. The number of nitrogens with two attached hydrogens (primary N) is 1. The lowest BCUT2D eigenvalue weighted by Gasteiger charge is -2.06. The highest BCUT2D eigenvalue weighted by Gasteiger charge is 2.07. The Kier molecular flexibility index (Phi) is 14.1. The third-order valence-corrected chi connectivity index (χ3v) is 4.81. The molecule has 0 fully saturated rings. The van der Waals surface area contributed by atoms with Crippen LogP contribution in [-0.2, 0) is 4.79 Å². The molecule has 0 aromatic heterocycles. The Morgan fingerprint density at radius 1 is 0.947 bits per heavy atom. The molecule has 0 saturated heterocycles. The largest absolute Gasteiger partial charge is 0.369 e. The molecule has 1 unspecified atom stereocenters. The molecule has 2 nitrogen and oxygen atoms in total. The molecule has 0 aliphatic heterocycles. The van der Waals surface area contributed by atoms with Crippen LogP contribution in [0.1, 0.15) is 78.1 Å². The van der Waals surface area contributed by atoms with E-state index < -0.39 is 0 Å². The van der Waals surface area contributed by atoms with E-state index in [2.05, 4.69) is 6.92 Å². The monoisotopic (exact) mass is 287 g/mol. The zero-order valence-corrected chi connectivity index (χ0v) is 13.8. The van der Waals surface area contributed by atoms with Gasteiger partial charge in [0.1, 0.15) is 0 Å². The van der Waals surface area contributed by atoms with Gasteiger partial charge in [0.25, 0.3) is 0 Å². The molecule has 0 aromatic carbocycles. The number of rotatable bonds is 14. The lowest BCUT2D eigenvalue weighted by Crippen LogP contribution is -2.22. The van der Waals surface area contributed by atoms with Crippen LogP contribution in [0.2, 0.25) is 0 Å². The van der Waals surface area contributed by atoms with Crippen LogP contribution in [0.5, 0.6) is 0 Å². The van der Waals surface area contributed by atoms with E-state index in [4.69, 9.17) is 5.73 Å². The van der Waals surface area contributed by atoms with Gasteiger partial charge in [-0.25, -0.2) is 0 Å². The highest BCUT2D eigenvalue weighted by Crippen LogP contribution is 2.14. The van der Waals surface area contributed by atoms with E-state index in [1.54, 1.807) is 0 Å². The molecule has 114 valence electrons. The summed E-state index contributed by atoms with van der Waals surface area (Å²) in [5, 5.41) is 0. The quantitative estimate of drug-likeness (QED) is 0.468. The maximum Gasteiger partial charge on any atom is 0.221 e.